The standard InChI is InChI=1S/C10H8Cl2N4O2S/c11-8-5-9(15-10(12)14-8)16-19(17,18)7-3-1-2-6(13)4-7/h1-5H,13H2,(H,14,15,16). The Bertz CT molecular complexity index is 701. The summed E-state index contributed by atoms with van der Waals surface area (Å²) >= 11 is 11.2. The largest absolute Gasteiger partial charge is 0.399 e. The number of rotatable bonds is 3. The zero-order valence-electron chi connectivity index (χ0n) is 9.34. The lowest BCUT2D eigenvalue weighted by Crippen LogP contribution is -2.14. The van der Waals surface area contributed by atoms with Crippen LogP contribution in [0.3, 0.4) is 0 Å². The Labute approximate surface area is 119 Å². The molecule has 0 saturated carbocycles. The van der Waals surface area contributed by atoms with E-state index >= 15 is 0 Å². The Morgan fingerprint density at radius 3 is 2.53 bits per heavy atom. The van der Waals surface area contributed by atoms with Crippen molar-refractivity contribution in [3.63, 3.8) is 0 Å². The van der Waals surface area contributed by atoms with Gasteiger partial charge in [0.1, 0.15) is 11.0 Å². The van der Waals surface area contributed by atoms with E-state index in [1.807, 2.05) is 0 Å². The van der Waals surface area contributed by atoms with E-state index in [2.05, 4.69) is 14.7 Å². The first-order chi connectivity index (χ1) is 8.87. The van der Waals surface area contributed by atoms with E-state index < -0.39 is 10.0 Å². The van der Waals surface area contributed by atoms with Crippen molar-refractivity contribution < 1.29 is 8.42 Å². The Kier molecular flexibility index (Phi) is 3.79. The summed E-state index contributed by atoms with van der Waals surface area (Å²) in [4.78, 5) is 7.34. The highest BCUT2D eigenvalue weighted by Crippen LogP contribution is 2.19. The maximum atomic E-state index is 12.1. The first-order valence-electron chi connectivity index (χ1n) is 4.95. The van der Waals surface area contributed by atoms with Crippen LogP contribution >= 0.6 is 23.2 Å². The zero-order chi connectivity index (χ0) is 14.0. The molecule has 0 saturated heterocycles. The normalized spacial score (nSPS) is 11.3. The fourth-order valence-electron chi connectivity index (χ4n) is 1.32. The van der Waals surface area contributed by atoms with Crippen LogP contribution in [0.1, 0.15) is 0 Å². The van der Waals surface area contributed by atoms with Crippen LogP contribution < -0.4 is 10.5 Å². The number of nitrogens with two attached hydrogens (primary N) is 1. The van der Waals surface area contributed by atoms with E-state index in [0.717, 1.165) is 0 Å². The zero-order valence-corrected chi connectivity index (χ0v) is 11.7. The van der Waals surface area contributed by atoms with Gasteiger partial charge in [0.2, 0.25) is 5.28 Å². The maximum absolute atomic E-state index is 12.1. The molecule has 0 aliphatic rings. The van der Waals surface area contributed by atoms with E-state index in [1.165, 1.54) is 24.3 Å². The van der Waals surface area contributed by atoms with Crippen LogP contribution in [0.4, 0.5) is 11.5 Å². The third-order valence-electron chi connectivity index (χ3n) is 2.07. The molecule has 19 heavy (non-hydrogen) atoms. The van der Waals surface area contributed by atoms with Crippen LogP contribution in [0.15, 0.2) is 35.2 Å². The van der Waals surface area contributed by atoms with Gasteiger partial charge in [-0.1, -0.05) is 17.7 Å². The molecule has 6 nitrogen and oxygen atoms in total. The maximum Gasteiger partial charge on any atom is 0.263 e. The van der Waals surface area contributed by atoms with Gasteiger partial charge < -0.3 is 5.73 Å². The number of aromatic nitrogens is 2. The topological polar surface area (TPSA) is 98.0 Å². The predicted molar refractivity (Wildman–Crippen MR) is 73.7 cm³/mol. The molecule has 1 aromatic carbocycles. The van der Waals surface area contributed by atoms with E-state index in [9.17, 15) is 8.42 Å². The van der Waals surface area contributed by atoms with Crippen LogP contribution in [-0.2, 0) is 10.0 Å². The molecule has 0 aliphatic carbocycles. The SMILES string of the molecule is Nc1cccc(S(=O)(=O)Nc2cc(Cl)nc(Cl)n2)c1. The second kappa shape index (κ2) is 5.20. The second-order valence-corrected chi connectivity index (χ2v) is 5.93. The van der Waals surface area contributed by atoms with Gasteiger partial charge in [-0.3, -0.25) is 4.72 Å². The third-order valence-corrected chi connectivity index (χ3v) is 3.79. The molecule has 100 valence electrons. The lowest BCUT2D eigenvalue weighted by Gasteiger charge is -2.08. The van der Waals surface area contributed by atoms with Gasteiger partial charge in [0, 0.05) is 11.8 Å². The van der Waals surface area contributed by atoms with E-state index in [4.69, 9.17) is 28.9 Å². The first kappa shape index (κ1) is 13.9. The van der Waals surface area contributed by atoms with Gasteiger partial charge in [-0.25, -0.2) is 13.4 Å². The van der Waals surface area contributed by atoms with Crippen molar-refractivity contribution in [2.24, 2.45) is 0 Å². The van der Waals surface area contributed by atoms with Crippen molar-refractivity contribution in [2.45, 2.75) is 4.90 Å². The Balaban J connectivity index is 2.36. The fourth-order valence-corrected chi connectivity index (χ4v) is 2.78. The number of anilines is 2. The molecular formula is C10H8Cl2N4O2S. The van der Waals surface area contributed by atoms with Gasteiger partial charge in [-0.2, -0.15) is 4.98 Å². The summed E-state index contributed by atoms with van der Waals surface area (Å²) in [6.07, 6.45) is 0. The molecule has 9 heteroatoms. The number of sulfonamides is 1. The third kappa shape index (κ3) is 3.46. The Morgan fingerprint density at radius 1 is 1.16 bits per heavy atom. The highest BCUT2D eigenvalue weighted by Gasteiger charge is 2.15. The molecule has 2 aromatic rings. The highest BCUT2D eigenvalue weighted by atomic mass is 35.5. The van der Waals surface area contributed by atoms with Crippen LogP contribution in [-0.4, -0.2) is 18.4 Å². The van der Waals surface area contributed by atoms with Gasteiger partial charge in [0.25, 0.3) is 10.0 Å². The van der Waals surface area contributed by atoms with Crippen molar-refractivity contribution in [3.05, 3.63) is 40.8 Å². The van der Waals surface area contributed by atoms with Crippen LogP contribution in [0, 0.1) is 0 Å². The predicted octanol–water partition coefficient (Wildman–Crippen LogP) is 2.17. The minimum Gasteiger partial charge on any atom is -0.399 e. The smallest absolute Gasteiger partial charge is 0.263 e. The van der Waals surface area contributed by atoms with Crippen LogP contribution in [0.25, 0.3) is 0 Å². The molecule has 0 unspecified atom stereocenters. The van der Waals surface area contributed by atoms with Gasteiger partial charge >= 0.3 is 0 Å². The van der Waals surface area contributed by atoms with Gasteiger partial charge in [-0.15, -0.1) is 0 Å². The number of nitrogen functional groups attached to an aromatic ring is 1. The van der Waals surface area contributed by atoms with E-state index in [1.54, 1.807) is 6.07 Å². The quantitative estimate of drug-likeness (QED) is 0.513. The van der Waals surface area contributed by atoms with Crippen molar-refractivity contribution in [2.75, 3.05) is 10.5 Å². The number of benzene rings is 1. The highest BCUT2D eigenvalue weighted by molar-refractivity contribution is 7.92. The summed E-state index contributed by atoms with van der Waals surface area (Å²) in [6.45, 7) is 0. The number of halogens is 2. The second-order valence-electron chi connectivity index (χ2n) is 3.52. The molecule has 0 amide bonds. The lowest BCUT2D eigenvalue weighted by molar-refractivity contribution is 0.601. The van der Waals surface area contributed by atoms with Gasteiger partial charge in [0.15, 0.2) is 0 Å². The number of nitrogens with zero attached hydrogens (tertiary/aromatic N) is 2. The van der Waals surface area contributed by atoms with Crippen LogP contribution in [0.5, 0.6) is 0 Å². The number of hydrogen-bond acceptors (Lipinski definition) is 5. The van der Waals surface area contributed by atoms with Crippen molar-refractivity contribution in [3.8, 4) is 0 Å². The Hall–Kier alpha value is -1.57. The molecule has 0 bridgehead atoms. The van der Waals surface area contributed by atoms with Gasteiger partial charge in [-0.05, 0) is 29.8 Å². The summed E-state index contributed by atoms with van der Waals surface area (Å²) in [5, 5.41) is -0.122. The Morgan fingerprint density at radius 2 is 1.89 bits per heavy atom. The summed E-state index contributed by atoms with van der Waals surface area (Å²) < 4.78 is 26.4. The minimum absolute atomic E-state index is 0.0124. The number of nitrogens with one attached hydrogen (secondary N) is 1. The molecule has 0 radical (unpaired) electrons. The molecule has 0 fully saturated rings. The number of hydrogen-bond donors (Lipinski definition) is 2. The summed E-state index contributed by atoms with van der Waals surface area (Å²) in [5.41, 5.74) is 5.87. The van der Waals surface area contributed by atoms with Crippen molar-refractivity contribution in [1.82, 2.24) is 9.97 Å². The molecule has 3 N–H and O–H groups in total. The summed E-state index contributed by atoms with van der Waals surface area (Å²) in [7, 11) is -3.81. The molecular weight excluding hydrogens is 311 g/mol. The van der Waals surface area contributed by atoms with E-state index in [-0.39, 0.29) is 21.2 Å². The average molecular weight is 319 g/mol. The molecule has 1 aromatic heterocycles. The summed E-state index contributed by atoms with van der Waals surface area (Å²) in [5.74, 6) is -0.0209. The average Bonchev–Trinajstić information content (AvgIpc) is 2.26. The molecule has 0 atom stereocenters. The minimum atomic E-state index is -3.81. The molecule has 2 rings (SSSR count). The van der Waals surface area contributed by atoms with Crippen molar-refractivity contribution in [1.29, 1.82) is 0 Å². The summed E-state index contributed by atoms with van der Waals surface area (Å²) in [6, 6.07) is 7.09. The van der Waals surface area contributed by atoms with Crippen molar-refractivity contribution >= 4 is 44.7 Å². The molecule has 1 heterocycles. The lowest BCUT2D eigenvalue weighted by atomic mass is 10.3. The van der Waals surface area contributed by atoms with E-state index in [0.29, 0.717) is 5.69 Å². The monoisotopic (exact) mass is 318 g/mol. The first-order valence-corrected chi connectivity index (χ1v) is 7.19. The fraction of sp³-hybridized carbons (Fsp3) is 0. The van der Waals surface area contributed by atoms with Crippen LogP contribution in [0.2, 0.25) is 10.4 Å². The molecule has 0 spiro atoms. The van der Waals surface area contributed by atoms with Gasteiger partial charge in [0.05, 0.1) is 4.90 Å². The molecule has 0 aliphatic heterocycles.